The fourth-order valence-electron chi connectivity index (χ4n) is 4.03. The molecular formula is C29H33ClIN3O4S. The van der Waals surface area contributed by atoms with E-state index in [1.807, 2.05) is 26.8 Å². The van der Waals surface area contributed by atoms with Crippen molar-refractivity contribution in [2.75, 3.05) is 10.8 Å². The highest BCUT2D eigenvalue weighted by Gasteiger charge is 2.34. The molecule has 0 saturated heterocycles. The summed E-state index contributed by atoms with van der Waals surface area (Å²) < 4.78 is 29.6. The van der Waals surface area contributed by atoms with Crippen molar-refractivity contribution >= 4 is 61.7 Å². The number of anilines is 1. The molecule has 0 fully saturated rings. The molecule has 1 N–H and O–H groups in total. The number of nitrogens with zero attached hydrogens (tertiary/aromatic N) is 2. The second-order valence-electron chi connectivity index (χ2n) is 9.16. The van der Waals surface area contributed by atoms with Crippen molar-refractivity contribution in [1.82, 2.24) is 10.2 Å². The number of amides is 2. The third-order valence-corrected chi connectivity index (χ3v) is 9.29. The lowest BCUT2D eigenvalue weighted by molar-refractivity contribution is -0.140. The van der Waals surface area contributed by atoms with E-state index in [4.69, 9.17) is 11.6 Å². The Hall–Kier alpha value is -2.63. The summed E-state index contributed by atoms with van der Waals surface area (Å²) in [6.45, 7) is 5.25. The van der Waals surface area contributed by atoms with Gasteiger partial charge in [-0.25, -0.2) is 8.42 Å². The largest absolute Gasteiger partial charge is 0.352 e. The van der Waals surface area contributed by atoms with Gasteiger partial charge in [-0.3, -0.25) is 13.9 Å². The van der Waals surface area contributed by atoms with E-state index in [0.29, 0.717) is 22.7 Å². The molecular weight excluding hydrogens is 649 g/mol. The van der Waals surface area contributed by atoms with Gasteiger partial charge in [0.15, 0.2) is 0 Å². The summed E-state index contributed by atoms with van der Waals surface area (Å²) in [6, 6.07) is 21.1. The molecule has 0 spiro atoms. The summed E-state index contributed by atoms with van der Waals surface area (Å²) in [5, 5.41) is 3.42. The predicted octanol–water partition coefficient (Wildman–Crippen LogP) is 5.86. The Kier molecular flexibility index (Phi) is 11.2. The minimum atomic E-state index is -4.10. The van der Waals surface area contributed by atoms with Gasteiger partial charge in [-0.1, -0.05) is 61.8 Å². The molecule has 3 aromatic carbocycles. The third-order valence-electron chi connectivity index (χ3n) is 6.41. The topological polar surface area (TPSA) is 86.8 Å². The Bertz CT molecular complexity index is 1370. The number of carbonyl (C=O) groups excluding carboxylic acids is 2. The number of halogens is 2. The molecule has 0 unspecified atom stereocenters. The number of hydrogen-bond acceptors (Lipinski definition) is 4. The first-order chi connectivity index (χ1) is 18.6. The lowest BCUT2D eigenvalue weighted by Crippen LogP contribution is -2.53. The van der Waals surface area contributed by atoms with Crippen molar-refractivity contribution < 1.29 is 18.0 Å². The molecule has 0 aliphatic rings. The third kappa shape index (κ3) is 7.95. The van der Waals surface area contributed by atoms with Crippen LogP contribution in [0.3, 0.4) is 0 Å². The van der Waals surface area contributed by atoms with Crippen molar-refractivity contribution in [2.45, 2.75) is 57.1 Å². The highest BCUT2D eigenvalue weighted by atomic mass is 127. The monoisotopic (exact) mass is 681 g/mol. The number of nitrogens with one attached hydrogen (secondary N) is 1. The average molecular weight is 682 g/mol. The summed E-state index contributed by atoms with van der Waals surface area (Å²) in [4.78, 5) is 28.8. The summed E-state index contributed by atoms with van der Waals surface area (Å²) in [5.41, 5.74) is 1.01. The first-order valence-electron chi connectivity index (χ1n) is 12.7. The Morgan fingerprint density at radius 3 is 2.13 bits per heavy atom. The van der Waals surface area contributed by atoms with Crippen molar-refractivity contribution in [1.29, 1.82) is 0 Å². The zero-order valence-corrected chi connectivity index (χ0v) is 25.9. The molecule has 0 aromatic heterocycles. The number of hydrogen-bond donors (Lipinski definition) is 1. The highest BCUT2D eigenvalue weighted by Crippen LogP contribution is 2.26. The molecule has 0 bridgehead atoms. The molecule has 0 heterocycles. The van der Waals surface area contributed by atoms with Crippen LogP contribution < -0.4 is 9.62 Å². The van der Waals surface area contributed by atoms with Crippen LogP contribution in [0.25, 0.3) is 0 Å². The SMILES string of the molecule is CC[C@@H](C)NC(=O)[C@H](CC)N(Cc1ccccc1Cl)C(=O)CN(c1ccc(I)cc1)S(=O)(=O)c1ccccc1. The van der Waals surface area contributed by atoms with Crippen LogP contribution in [0.15, 0.2) is 83.8 Å². The smallest absolute Gasteiger partial charge is 0.264 e. The van der Waals surface area contributed by atoms with Gasteiger partial charge in [-0.05, 0) is 90.4 Å². The second kappa shape index (κ2) is 14.1. The molecule has 2 atom stereocenters. The summed E-state index contributed by atoms with van der Waals surface area (Å²) in [7, 11) is -4.10. The Balaban J connectivity index is 2.05. The Morgan fingerprint density at radius 1 is 0.923 bits per heavy atom. The van der Waals surface area contributed by atoms with Crippen LogP contribution >= 0.6 is 34.2 Å². The van der Waals surface area contributed by atoms with E-state index >= 15 is 0 Å². The summed E-state index contributed by atoms with van der Waals surface area (Å²) >= 11 is 8.57. The average Bonchev–Trinajstić information content (AvgIpc) is 2.93. The van der Waals surface area contributed by atoms with Gasteiger partial charge in [0, 0.05) is 21.2 Å². The quantitative estimate of drug-likeness (QED) is 0.243. The maximum absolute atomic E-state index is 14.0. The van der Waals surface area contributed by atoms with Gasteiger partial charge in [-0.15, -0.1) is 0 Å². The molecule has 2 amide bonds. The normalized spacial score (nSPS) is 12.8. The van der Waals surface area contributed by atoms with Gasteiger partial charge in [0.1, 0.15) is 12.6 Å². The van der Waals surface area contributed by atoms with Crippen molar-refractivity contribution in [2.24, 2.45) is 0 Å². The van der Waals surface area contributed by atoms with Crippen molar-refractivity contribution in [3.05, 3.63) is 93.0 Å². The van der Waals surface area contributed by atoms with Crippen molar-refractivity contribution in [3.63, 3.8) is 0 Å². The van der Waals surface area contributed by atoms with Crippen LogP contribution in [0, 0.1) is 3.57 Å². The minimum absolute atomic E-state index is 0.0524. The maximum atomic E-state index is 14.0. The van der Waals surface area contributed by atoms with E-state index in [1.54, 1.807) is 60.7 Å². The fraction of sp³-hybridized carbons (Fsp3) is 0.310. The predicted molar refractivity (Wildman–Crippen MR) is 164 cm³/mol. The van der Waals surface area contributed by atoms with E-state index in [9.17, 15) is 18.0 Å². The van der Waals surface area contributed by atoms with Crippen LogP contribution in [0.4, 0.5) is 5.69 Å². The van der Waals surface area contributed by atoms with Gasteiger partial charge < -0.3 is 10.2 Å². The minimum Gasteiger partial charge on any atom is -0.352 e. The Morgan fingerprint density at radius 2 is 1.54 bits per heavy atom. The summed E-state index contributed by atoms with van der Waals surface area (Å²) in [6.07, 6.45) is 1.07. The van der Waals surface area contributed by atoms with E-state index in [0.717, 1.165) is 14.3 Å². The molecule has 3 rings (SSSR count). The van der Waals surface area contributed by atoms with Crippen LogP contribution in [-0.4, -0.2) is 43.8 Å². The van der Waals surface area contributed by atoms with Gasteiger partial charge >= 0.3 is 0 Å². The zero-order valence-electron chi connectivity index (χ0n) is 22.2. The number of benzene rings is 3. The molecule has 0 saturated carbocycles. The standard InChI is InChI=1S/C29H33ClIN3O4S/c1-4-21(3)32-29(36)27(5-2)33(19-22-11-9-10-14-26(22)30)28(35)20-34(24-17-15-23(31)16-18-24)39(37,38)25-12-7-6-8-13-25/h6-18,21,27H,4-5,19-20H2,1-3H3,(H,32,36)/t21-,27+/m1/s1. The van der Waals surface area contributed by atoms with Gasteiger partial charge in [0.25, 0.3) is 10.0 Å². The van der Waals surface area contributed by atoms with Gasteiger partial charge in [-0.2, -0.15) is 0 Å². The van der Waals surface area contributed by atoms with Gasteiger partial charge in [0.2, 0.25) is 11.8 Å². The van der Waals surface area contributed by atoms with E-state index in [-0.39, 0.29) is 23.4 Å². The highest BCUT2D eigenvalue weighted by molar-refractivity contribution is 14.1. The number of rotatable bonds is 12. The summed E-state index contributed by atoms with van der Waals surface area (Å²) in [5.74, 6) is -0.807. The lowest BCUT2D eigenvalue weighted by Gasteiger charge is -2.34. The number of carbonyl (C=O) groups is 2. The molecule has 208 valence electrons. The fourth-order valence-corrected chi connectivity index (χ4v) is 6.02. The van der Waals surface area contributed by atoms with E-state index < -0.39 is 28.5 Å². The first-order valence-corrected chi connectivity index (χ1v) is 15.6. The van der Waals surface area contributed by atoms with Crippen LogP contribution in [0.1, 0.15) is 39.2 Å². The lowest BCUT2D eigenvalue weighted by atomic mass is 10.1. The molecule has 7 nitrogen and oxygen atoms in total. The van der Waals surface area contributed by atoms with Crippen LogP contribution in [-0.2, 0) is 26.2 Å². The molecule has 0 aliphatic carbocycles. The number of sulfonamides is 1. The molecule has 0 aliphatic heterocycles. The zero-order chi connectivity index (χ0) is 28.6. The Labute approximate surface area is 249 Å². The van der Waals surface area contributed by atoms with Crippen LogP contribution in [0.5, 0.6) is 0 Å². The molecule has 39 heavy (non-hydrogen) atoms. The molecule has 3 aromatic rings. The van der Waals surface area contributed by atoms with E-state index in [2.05, 4.69) is 27.9 Å². The molecule has 0 radical (unpaired) electrons. The molecule has 10 heteroatoms. The second-order valence-corrected chi connectivity index (χ2v) is 12.7. The van der Waals surface area contributed by atoms with E-state index in [1.165, 1.54) is 17.0 Å². The van der Waals surface area contributed by atoms with Gasteiger partial charge in [0.05, 0.1) is 10.6 Å². The van der Waals surface area contributed by atoms with Crippen molar-refractivity contribution in [3.8, 4) is 0 Å². The first kappa shape index (κ1) is 30.9. The van der Waals surface area contributed by atoms with Crippen LogP contribution in [0.2, 0.25) is 5.02 Å². The maximum Gasteiger partial charge on any atom is 0.264 e.